The van der Waals surface area contributed by atoms with Gasteiger partial charge in [0.2, 0.25) is 0 Å². The average Bonchev–Trinajstić information content (AvgIpc) is 3.72. The van der Waals surface area contributed by atoms with Crippen molar-refractivity contribution in [2.24, 2.45) is 20.8 Å². The molecule has 252 valence electrons. The molecule has 0 saturated heterocycles. The van der Waals surface area contributed by atoms with E-state index in [1.807, 2.05) is 0 Å². The standard InChI is InChI=1S/C48H45N3/c1-29-37-25-33-24-34(36-23-17-11-16-22-35(33)36)26-38-30(2)46(48(6,7)8)42(50-38)28-40-44(32-20-14-10-15-21-32)43(31-18-12-9-13-19-31)39(51-40)27-41(49-37)45(29)47(3,4)5/h9-28,51H,1-8H3. The van der Waals surface area contributed by atoms with Gasteiger partial charge in [-0.05, 0) is 111 Å². The molecule has 8 rings (SSSR count). The van der Waals surface area contributed by atoms with E-state index in [9.17, 15) is 0 Å². The number of benzene rings is 2. The number of nitrogens with zero attached hydrogens (tertiary/aromatic N) is 2. The zero-order valence-electron chi connectivity index (χ0n) is 30.9. The predicted molar refractivity (Wildman–Crippen MR) is 218 cm³/mol. The maximum absolute atomic E-state index is 5.44. The van der Waals surface area contributed by atoms with Crippen LogP contribution in [0.1, 0.15) is 66.5 Å². The van der Waals surface area contributed by atoms with Gasteiger partial charge < -0.3 is 4.98 Å². The summed E-state index contributed by atoms with van der Waals surface area (Å²) in [4.78, 5) is 14.8. The van der Waals surface area contributed by atoms with Crippen molar-refractivity contribution < 1.29 is 0 Å². The van der Waals surface area contributed by atoms with Crippen molar-refractivity contribution in [3.05, 3.63) is 153 Å². The van der Waals surface area contributed by atoms with E-state index in [1.165, 1.54) is 33.4 Å². The highest BCUT2D eigenvalue weighted by Gasteiger charge is 2.32. The van der Waals surface area contributed by atoms with Crippen LogP contribution in [-0.4, -0.2) is 16.4 Å². The molecule has 3 aromatic rings. The molecular formula is C48H45N3. The summed E-state index contributed by atoms with van der Waals surface area (Å²) in [6, 6.07) is 34.6. The molecule has 3 heteroatoms. The van der Waals surface area contributed by atoms with E-state index in [0.717, 1.165) is 66.9 Å². The molecule has 0 saturated carbocycles. The molecule has 1 N–H and O–H groups in total. The lowest BCUT2D eigenvalue weighted by Crippen LogP contribution is -2.21. The highest BCUT2D eigenvalue weighted by atomic mass is 14.8. The fraction of sp³-hybridized carbons (Fsp3) is 0.208. The minimum Gasteiger partial charge on any atom is -0.354 e. The first kappa shape index (κ1) is 32.7. The van der Waals surface area contributed by atoms with Crippen molar-refractivity contribution >= 4 is 35.7 Å². The molecule has 2 aromatic carbocycles. The Bertz CT molecular complexity index is 2340. The maximum Gasteiger partial charge on any atom is 0.0698 e. The zero-order chi connectivity index (χ0) is 35.7. The number of rotatable bonds is 2. The van der Waals surface area contributed by atoms with Crippen molar-refractivity contribution in [1.82, 2.24) is 4.98 Å². The average molecular weight is 664 g/mol. The summed E-state index contributed by atoms with van der Waals surface area (Å²) in [5, 5.41) is 2.07. The second-order valence-corrected chi connectivity index (χ2v) is 16.1. The number of hydrogen-bond acceptors (Lipinski definition) is 2. The molecule has 0 radical (unpaired) electrons. The molecule has 3 aliphatic heterocycles. The Kier molecular flexibility index (Phi) is 7.72. The van der Waals surface area contributed by atoms with Gasteiger partial charge in [0.05, 0.1) is 22.8 Å². The molecule has 0 amide bonds. The lowest BCUT2D eigenvalue weighted by molar-refractivity contribution is 0.523. The van der Waals surface area contributed by atoms with Crippen molar-refractivity contribution in [1.29, 1.82) is 0 Å². The summed E-state index contributed by atoms with van der Waals surface area (Å²) in [7, 11) is 0. The summed E-state index contributed by atoms with van der Waals surface area (Å²) >= 11 is 0. The van der Waals surface area contributed by atoms with Gasteiger partial charge in [0.25, 0.3) is 0 Å². The second-order valence-electron chi connectivity index (χ2n) is 16.1. The summed E-state index contributed by atoms with van der Waals surface area (Å²) in [6.45, 7) is 18.2. The minimum absolute atomic E-state index is 0.122. The highest BCUT2D eigenvalue weighted by Crippen LogP contribution is 2.43. The number of fused-ring (bicyclic) bond motifs is 9. The maximum atomic E-state index is 5.44. The molecular weight excluding hydrogens is 619 g/mol. The van der Waals surface area contributed by atoms with Crippen molar-refractivity contribution in [3.63, 3.8) is 0 Å². The van der Waals surface area contributed by atoms with Crippen molar-refractivity contribution in [3.8, 4) is 33.4 Å². The van der Waals surface area contributed by atoms with Gasteiger partial charge in [0.15, 0.2) is 0 Å². The molecule has 51 heavy (non-hydrogen) atoms. The third kappa shape index (κ3) is 5.71. The van der Waals surface area contributed by atoms with Crippen LogP contribution in [0.3, 0.4) is 0 Å². The quantitative estimate of drug-likeness (QED) is 0.195. The summed E-state index contributed by atoms with van der Waals surface area (Å²) < 4.78 is 0. The van der Waals surface area contributed by atoms with Gasteiger partial charge in [-0.3, -0.25) is 0 Å². The van der Waals surface area contributed by atoms with E-state index in [-0.39, 0.29) is 10.8 Å². The number of aromatic nitrogens is 1. The van der Waals surface area contributed by atoms with Gasteiger partial charge in [-0.15, -0.1) is 0 Å². The van der Waals surface area contributed by atoms with Crippen LogP contribution < -0.4 is 10.7 Å². The van der Waals surface area contributed by atoms with Gasteiger partial charge in [-0.1, -0.05) is 133 Å². The summed E-state index contributed by atoms with van der Waals surface area (Å²) in [5.74, 6) is 0. The Morgan fingerprint density at radius 1 is 0.471 bits per heavy atom. The van der Waals surface area contributed by atoms with Crippen LogP contribution in [0.25, 0.3) is 57.7 Å². The molecule has 4 heterocycles. The topological polar surface area (TPSA) is 40.5 Å². The molecule has 0 atom stereocenters. The van der Waals surface area contributed by atoms with Crippen LogP contribution in [0.5, 0.6) is 0 Å². The third-order valence-electron chi connectivity index (χ3n) is 10.3. The molecule has 5 aliphatic rings. The zero-order valence-corrected chi connectivity index (χ0v) is 30.9. The number of aromatic amines is 1. The number of allylic oxidation sites excluding steroid dienone is 4. The van der Waals surface area contributed by atoms with Crippen LogP contribution >= 0.6 is 0 Å². The first-order chi connectivity index (χ1) is 24.4. The van der Waals surface area contributed by atoms with E-state index in [0.29, 0.717) is 0 Å². The first-order valence-electron chi connectivity index (χ1n) is 18.0. The van der Waals surface area contributed by atoms with E-state index in [4.69, 9.17) is 9.98 Å². The van der Waals surface area contributed by atoms with Gasteiger partial charge in [0, 0.05) is 21.8 Å². The number of nitrogens with one attached hydrogen (secondary N) is 1. The lowest BCUT2D eigenvalue weighted by atomic mass is 9.81. The Labute approximate surface area is 302 Å². The van der Waals surface area contributed by atoms with Crippen LogP contribution in [0.15, 0.2) is 141 Å². The molecule has 3 nitrogen and oxygen atoms in total. The lowest BCUT2D eigenvalue weighted by Gasteiger charge is -2.22. The Balaban J connectivity index is 1.56. The fourth-order valence-electron chi connectivity index (χ4n) is 8.31. The van der Waals surface area contributed by atoms with Gasteiger partial charge in [-0.2, -0.15) is 0 Å². The molecule has 8 bridgehead atoms. The normalized spacial score (nSPS) is 16.1. The minimum atomic E-state index is -0.122. The second kappa shape index (κ2) is 12.1. The van der Waals surface area contributed by atoms with Gasteiger partial charge >= 0.3 is 0 Å². The fourth-order valence-corrected chi connectivity index (χ4v) is 8.31. The summed E-state index contributed by atoms with van der Waals surface area (Å²) in [6.07, 6.45) is 9.13. The van der Waals surface area contributed by atoms with Crippen molar-refractivity contribution in [2.45, 2.75) is 55.4 Å². The van der Waals surface area contributed by atoms with E-state index >= 15 is 0 Å². The third-order valence-corrected chi connectivity index (χ3v) is 10.3. The number of hydrogen-bond donors (Lipinski definition) is 1. The molecule has 2 aliphatic carbocycles. The summed E-state index contributed by atoms with van der Waals surface area (Å²) in [5.41, 5.74) is 18.1. The predicted octanol–water partition coefficient (Wildman–Crippen LogP) is 11.0. The van der Waals surface area contributed by atoms with E-state index in [2.05, 4.69) is 182 Å². The Hall–Kier alpha value is -5.54. The molecule has 0 spiro atoms. The van der Waals surface area contributed by atoms with E-state index < -0.39 is 0 Å². The molecule has 1 aromatic heterocycles. The van der Waals surface area contributed by atoms with Crippen LogP contribution in [-0.2, 0) is 0 Å². The smallest absolute Gasteiger partial charge is 0.0698 e. The van der Waals surface area contributed by atoms with Crippen LogP contribution in [0, 0.1) is 10.8 Å². The highest BCUT2D eigenvalue weighted by molar-refractivity contribution is 6.26. The SMILES string of the molecule is CC1=C(C(C)(C)C)C2=NC1=Cc1cc(c3cccccc1-3)C=C1N=C(C=c3[nH]c(c(-c4ccccc4)c3-c3ccccc3)=C2)C(C(C)(C)C)=C1C. The first-order valence-corrected chi connectivity index (χ1v) is 18.0. The monoisotopic (exact) mass is 663 g/mol. The van der Waals surface area contributed by atoms with Gasteiger partial charge in [0.1, 0.15) is 0 Å². The number of aliphatic imine (C=N–C) groups is 2. The van der Waals surface area contributed by atoms with E-state index in [1.54, 1.807) is 0 Å². The largest absolute Gasteiger partial charge is 0.354 e. The Morgan fingerprint density at radius 2 is 0.843 bits per heavy atom. The van der Waals surface area contributed by atoms with Crippen molar-refractivity contribution in [2.75, 3.05) is 0 Å². The number of H-pyrrole nitrogens is 1. The van der Waals surface area contributed by atoms with Crippen LogP contribution in [0.2, 0.25) is 0 Å². The van der Waals surface area contributed by atoms with Gasteiger partial charge in [-0.25, -0.2) is 9.98 Å². The molecule has 0 unspecified atom stereocenters. The molecule has 0 fully saturated rings. The van der Waals surface area contributed by atoms with Crippen LogP contribution in [0.4, 0.5) is 0 Å². The Morgan fingerprint density at radius 3 is 1.22 bits per heavy atom.